The lowest BCUT2D eigenvalue weighted by Gasteiger charge is -2.25. The Morgan fingerprint density at radius 1 is 0.281 bits per heavy atom. The average Bonchev–Trinajstić information content (AvgIpc) is 3.28. The van der Waals surface area contributed by atoms with Crippen molar-refractivity contribution in [2.24, 2.45) is 0 Å². The van der Waals surface area contributed by atoms with Gasteiger partial charge in [-0.2, -0.15) is 0 Å². The molecule has 2 heteroatoms. The van der Waals surface area contributed by atoms with Crippen molar-refractivity contribution in [3.8, 4) is 33.4 Å². The summed E-state index contributed by atoms with van der Waals surface area (Å²) in [7, 11) is 0. The molecule has 0 saturated carbocycles. The van der Waals surface area contributed by atoms with Gasteiger partial charge in [0.25, 0.3) is 0 Å². The van der Waals surface area contributed by atoms with Crippen molar-refractivity contribution in [3.63, 3.8) is 0 Å². The molecular formula is C55H36N2. The van der Waals surface area contributed by atoms with E-state index in [4.69, 9.17) is 4.98 Å². The van der Waals surface area contributed by atoms with Crippen molar-refractivity contribution >= 4 is 71.2 Å². The fourth-order valence-corrected chi connectivity index (χ4v) is 8.64. The maximum Gasteiger partial charge on any atom is 0.138 e. The third-order valence-corrected chi connectivity index (χ3v) is 11.4. The number of fused-ring (bicyclic) bond motifs is 5. The molecule has 0 radical (unpaired) electrons. The Morgan fingerprint density at radius 2 is 0.754 bits per heavy atom. The van der Waals surface area contributed by atoms with Crippen LogP contribution in [-0.2, 0) is 0 Å². The zero-order valence-electron chi connectivity index (χ0n) is 31.2. The van der Waals surface area contributed by atoms with E-state index >= 15 is 0 Å². The summed E-state index contributed by atoms with van der Waals surface area (Å²) in [6, 6.07) is 79.0. The van der Waals surface area contributed by atoms with E-state index in [-0.39, 0.29) is 0 Å². The fourth-order valence-electron chi connectivity index (χ4n) is 8.64. The van der Waals surface area contributed by atoms with Crippen LogP contribution in [0, 0.1) is 0 Å². The molecular weight excluding hydrogens is 689 g/mol. The van der Waals surface area contributed by atoms with Gasteiger partial charge in [0.15, 0.2) is 0 Å². The number of nitrogens with zero attached hydrogens (tertiary/aromatic N) is 2. The summed E-state index contributed by atoms with van der Waals surface area (Å²) < 4.78 is 0. The minimum absolute atomic E-state index is 0.881. The number of aromatic nitrogens is 1. The lowest BCUT2D eigenvalue weighted by atomic mass is 9.84. The maximum atomic E-state index is 5.10. The number of rotatable bonds is 6. The number of benzene rings is 10. The van der Waals surface area contributed by atoms with E-state index in [0.29, 0.717) is 0 Å². The van der Waals surface area contributed by atoms with Gasteiger partial charge in [0.2, 0.25) is 0 Å². The molecule has 0 spiro atoms. The minimum Gasteiger partial charge on any atom is -0.295 e. The van der Waals surface area contributed by atoms with Crippen LogP contribution in [0.2, 0.25) is 0 Å². The third kappa shape index (κ3) is 5.78. The zero-order valence-corrected chi connectivity index (χ0v) is 31.2. The molecule has 1 aromatic heterocycles. The molecule has 57 heavy (non-hydrogen) atoms. The lowest BCUT2D eigenvalue weighted by Crippen LogP contribution is -2.11. The van der Waals surface area contributed by atoms with Crippen LogP contribution in [0.3, 0.4) is 0 Å². The van der Waals surface area contributed by atoms with Crippen LogP contribution >= 0.6 is 0 Å². The molecule has 0 aliphatic rings. The summed E-state index contributed by atoms with van der Waals surface area (Å²) in [6.45, 7) is 0. The molecule has 11 rings (SSSR count). The Morgan fingerprint density at radius 3 is 1.42 bits per heavy atom. The Balaban J connectivity index is 1.11. The highest BCUT2D eigenvalue weighted by Crippen LogP contribution is 2.46. The van der Waals surface area contributed by atoms with Gasteiger partial charge in [0, 0.05) is 16.8 Å². The second-order valence-electron chi connectivity index (χ2n) is 14.8. The number of anilines is 3. The molecule has 0 bridgehead atoms. The number of para-hydroxylation sites is 2. The van der Waals surface area contributed by atoms with Crippen molar-refractivity contribution < 1.29 is 0 Å². The molecule has 10 aromatic carbocycles. The van der Waals surface area contributed by atoms with Crippen LogP contribution in [0.1, 0.15) is 0 Å². The summed E-state index contributed by atoms with van der Waals surface area (Å²) in [5.41, 5.74) is 10.4. The second-order valence-corrected chi connectivity index (χ2v) is 14.8. The smallest absolute Gasteiger partial charge is 0.138 e. The van der Waals surface area contributed by atoms with Crippen LogP contribution in [0.5, 0.6) is 0 Å². The molecule has 0 fully saturated rings. The first kappa shape index (κ1) is 32.8. The predicted octanol–water partition coefficient (Wildman–Crippen LogP) is 15.3. The normalized spacial score (nSPS) is 11.5. The van der Waals surface area contributed by atoms with E-state index < -0.39 is 0 Å². The number of hydrogen-bond acceptors (Lipinski definition) is 2. The molecule has 0 atom stereocenters. The fraction of sp³-hybridized carbons (Fsp3) is 0. The Kier molecular flexibility index (Phi) is 7.86. The van der Waals surface area contributed by atoms with E-state index in [1.807, 2.05) is 6.07 Å². The lowest BCUT2D eigenvalue weighted by molar-refractivity contribution is 1.21. The SMILES string of the molecule is c1ccc(N(c2ccc(-c3ccc4c(-c5ccc6ccccc6c5)c5ccccc5c(-c5ccc6ccccc6c5)c4c3)cc2)c2ccc3ccccc3n2)cc1. The van der Waals surface area contributed by atoms with Crippen LogP contribution in [0.15, 0.2) is 218 Å². The van der Waals surface area contributed by atoms with E-state index in [9.17, 15) is 0 Å². The summed E-state index contributed by atoms with van der Waals surface area (Å²) in [6.07, 6.45) is 0. The van der Waals surface area contributed by atoms with E-state index in [2.05, 4.69) is 217 Å². The van der Waals surface area contributed by atoms with E-state index in [1.165, 1.54) is 70.9 Å². The second kappa shape index (κ2) is 13.6. The quantitative estimate of drug-likeness (QED) is 0.159. The van der Waals surface area contributed by atoms with Crippen LogP contribution in [-0.4, -0.2) is 4.98 Å². The Labute approximate surface area is 331 Å². The first-order chi connectivity index (χ1) is 28.2. The summed E-state index contributed by atoms with van der Waals surface area (Å²) >= 11 is 0. The van der Waals surface area contributed by atoms with Gasteiger partial charge in [-0.1, -0.05) is 158 Å². The average molecular weight is 725 g/mol. The summed E-state index contributed by atoms with van der Waals surface area (Å²) in [4.78, 5) is 7.33. The standard InChI is InChI=1S/C55H36N2/c1-2-17-46(18-3-1)57(53-33-29-40-14-8-11-21-52(40)56-53)47-30-26-39(27-31-47)43-28-32-50-51(36-43)55(45-25-23-38-13-5-7-16-42(38)35-45)49-20-10-9-19-48(49)54(50)44-24-22-37-12-4-6-15-41(37)34-44/h1-36H. The highest BCUT2D eigenvalue weighted by atomic mass is 15.2. The van der Waals surface area contributed by atoms with E-state index in [1.54, 1.807) is 0 Å². The molecule has 266 valence electrons. The van der Waals surface area contributed by atoms with Crippen molar-refractivity contribution in [1.82, 2.24) is 4.98 Å². The van der Waals surface area contributed by atoms with Gasteiger partial charge >= 0.3 is 0 Å². The van der Waals surface area contributed by atoms with Gasteiger partial charge in [-0.3, -0.25) is 4.90 Å². The molecule has 0 aliphatic carbocycles. The maximum absolute atomic E-state index is 5.10. The van der Waals surface area contributed by atoms with Gasteiger partial charge in [-0.15, -0.1) is 0 Å². The molecule has 0 amide bonds. The topological polar surface area (TPSA) is 16.1 Å². The molecule has 2 nitrogen and oxygen atoms in total. The number of pyridine rings is 1. The highest BCUT2D eigenvalue weighted by molar-refractivity contribution is 6.22. The monoisotopic (exact) mass is 724 g/mol. The molecule has 0 unspecified atom stereocenters. The van der Waals surface area contributed by atoms with Crippen molar-refractivity contribution in [1.29, 1.82) is 0 Å². The van der Waals surface area contributed by atoms with Crippen LogP contribution in [0.4, 0.5) is 17.2 Å². The van der Waals surface area contributed by atoms with Gasteiger partial charge in [0.05, 0.1) is 5.52 Å². The zero-order chi connectivity index (χ0) is 37.7. The Hall–Kier alpha value is -7.55. The first-order valence-corrected chi connectivity index (χ1v) is 19.5. The minimum atomic E-state index is 0.881. The largest absolute Gasteiger partial charge is 0.295 e. The van der Waals surface area contributed by atoms with Gasteiger partial charge < -0.3 is 0 Å². The van der Waals surface area contributed by atoms with Crippen LogP contribution in [0.25, 0.3) is 87.4 Å². The molecule has 1 heterocycles. The van der Waals surface area contributed by atoms with E-state index in [0.717, 1.165) is 33.7 Å². The predicted molar refractivity (Wildman–Crippen MR) is 243 cm³/mol. The van der Waals surface area contributed by atoms with Gasteiger partial charge in [-0.25, -0.2) is 4.98 Å². The molecule has 0 saturated heterocycles. The van der Waals surface area contributed by atoms with Gasteiger partial charge in [-0.05, 0) is 137 Å². The Bertz CT molecular complexity index is 3290. The molecule has 0 N–H and O–H groups in total. The molecule has 11 aromatic rings. The summed E-state index contributed by atoms with van der Waals surface area (Å²) in [5.74, 6) is 0.881. The van der Waals surface area contributed by atoms with Crippen LogP contribution < -0.4 is 4.90 Å². The summed E-state index contributed by atoms with van der Waals surface area (Å²) in [5, 5.41) is 11.1. The first-order valence-electron chi connectivity index (χ1n) is 19.5. The van der Waals surface area contributed by atoms with Crippen molar-refractivity contribution in [3.05, 3.63) is 218 Å². The van der Waals surface area contributed by atoms with Gasteiger partial charge in [0.1, 0.15) is 5.82 Å². The third-order valence-electron chi connectivity index (χ3n) is 11.4. The van der Waals surface area contributed by atoms with Crippen molar-refractivity contribution in [2.45, 2.75) is 0 Å². The number of hydrogen-bond donors (Lipinski definition) is 0. The van der Waals surface area contributed by atoms with Crippen molar-refractivity contribution in [2.75, 3.05) is 4.90 Å². The molecule has 0 aliphatic heterocycles. The highest BCUT2D eigenvalue weighted by Gasteiger charge is 2.19.